The van der Waals surface area contributed by atoms with Gasteiger partial charge in [0.15, 0.2) is 11.0 Å². The molecule has 0 spiro atoms. The molecule has 1 atom stereocenters. The van der Waals surface area contributed by atoms with Crippen LogP contribution >= 0.6 is 11.8 Å². The van der Waals surface area contributed by atoms with E-state index in [9.17, 15) is 4.79 Å². The highest BCUT2D eigenvalue weighted by Crippen LogP contribution is 2.25. The average Bonchev–Trinajstić information content (AvgIpc) is 2.80. The predicted molar refractivity (Wildman–Crippen MR) is 85.7 cm³/mol. The van der Waals surface area contributed by atoms with Gasteiger partial charge in [-0.15, -0.1) is 0 Å². The monoisotopic (exact) mass is 297 g/mol. The van der Waals surface area contributed by atoms with Crippen molar-refractivity contribution in [1.82, 2.24) is 10.3 Å². The summed E-state index contributed by atoms with van der Waals surface area (Å²) in [5, 5.41) is 3.31. The second-order valence-electron chi connectivity index (χ2n) is 4.89. The number of amides is 1. The molecule has 106 valence electrons. The minimum atomic E-state index is -0.130. The number of benzene rings is 1. The molecule has 2 heterocycles. The van der Waals surface area contributed by atoms with Gasteiger partial charge in [-0.3, -0.25) is 4.79 Å². The standard InChI is InChI=1S/C16H15N3OS/c1-11-5-4-6-12(9-11)10-13-15(20)19-16(21-13)18-14-7-2-3-8-17-14/h2-9,13H,10H2,1H3,(H,17,18,19,20)/t13-/m0/s1. The van der Waals surface area contributed by atoms with E-state index in [4.69, 9.17) is 0 Å². The normalized spacial score (nSPS) is 19.8. The van der Waals surface area contributed by atoms with Crippen LogP contribution in [0.2, 0.25) is 0 Å². The molecule has 0 unspecified atom stereocenters. The molecule has 0 aliphatic carbocycles. The van der Waals surface area contributed by atoms with Gasteiger partial charge < -0.3 is 5.32 Å². The van der Waals surface area contributed by atoms with Gasteiger partial charge in [0.05, 0.1) is 5.25 Å². The molecule has 1 aromatic carbocycles. The maximum atomic E-state index is 12.0. The number of nitrogens with one attached hydrogen (secondary N) is 1. The Morgan fingerprint density at radius 2 is 2.19 bits per heavy atom. The van der Waals surface area contributed by atoms with Crippen molar-refractivity contribution in [2.45, 2.75) is 18.6 Å². The summed E-state index contributed by atoms with van der Waals surface area (Å²) in [6.45, 7) is 2.05. The van der Waals surface area contributed by atoms with Crippen molar-refractivity contribution in [3.63, 3.8) is 0 Å². The van der Waals surface area contributed by atoms with E-state index < -0.39 is 0 Å². The lowest BCUT2D eigenvalue weighted by Crippen LogP contribution is -2.26. The topological polar surface area (TPSA) is 54.4 Å². The fourth-order valence-electron chi connectivity index (χ4n) is 2.17. The van der Waals surface area contributed by atoms with E-state index >= 15 is 0 Å². The molecule has 1 fully saturated rings. The number of thioether (sulfide) groups is 1. The number of pyridine rings is 1. The molecule has 0 saturated carbocycles. The van der Waals surface area contributed by atoms with Gasteiger partial charge in [-0.05, 0) is 31.0 Å². The molecule has 1 aliphatic heterocycles. The Hall–Kier alpha value is -2.14. The molecule has 1 amide bonds. The van der Waals surface area contributed by atoms with Crippen molar-refractivity contribution in [2.75, 3.05) is 0 Å². The van der Waals surface area contributed by atoms with Gasteiger partial charge in [0.2, 0.25) is 5.91 Å². The first-order valence-electron chi connectivity index (χ1n) is 6.73. The zero-order valence-corrected chi connectivity index (χ0v) is 12.4. The number of aryl methyl sites for hydroxylation is 1. The van der Waals surface area contributed by atoms with E-state index in [-0.39, 0.29) is 11.2 Å². The Kier molecular flexibility index (Phi) is 4.01. The smallest absolute Gasteiger partial charge is 0.239 e. The van der Waals surface area contributed by atoms with Crippen molar-refractivity contribution >= 4 is 28.7 Å². The zero-order valence-electron chi connectivity index (χ0n) is 11.6. The molecule has 4 nitrogen and oxygen atoms in total. The van der Waals surface area contributed by atoms with Crippen molar-refractivity contribution in [2.24, 2.45) is 4.99 Å². The van der Waals surface area contributed by atoms with Gasteiger partial charge in [-0.1, -0.05) is 47.7 Å². The first-order valence-corrected chi connectivity index (χ1v) is 7.61. The molecule has 5 heteroatoms. The van der Waals surface area contributed by atoms with Gasteiger partial charge in [0.1, 0.15) is 0 Å². The van der Waals surface area contributed by atoms with Crippen LogP contribution in [0.1, 0.15) is 11.1 Å². The Bertz CT molecular complexity index is 685. The Morgan fingerprint density at radius 1 is 1.29 bits per heavy atom. The van der Waals surface area contributed by atoms with Crippen LogP contribution in [0.5, 0.6) is 0 Å². The Labute approximate surface area is 127 Å². The van der Waals surface area contributed by atoms with Gasteiger partial charge in [0.25, 0.3) is 0 Å². The number of amidine groups is 1. The van der Waals surface area contributed by atoms with Crippen molar-refractivity contribution < 1.29 is 4.79 Å². The molecular weight excluding hydrogens is 282 g/mol. The van der Waals surface area contributed by atoms with Crippen molar-refractivity contribution in [3.8, 4) is 0 Å². The van der Waals surface area contributed by atoms with Crippen LogP contribution in [-0.2, 0) is 11.2 Å². The average molecular weight is 297 g/mol. The quantitative estimate of drug-likeness (QED) is 0.948. The summed E-state index contributed by atoms with van der Waals surface area (Å²) in [4.78, 5) is 20.5. The number of aliphatic imine (C=N–C) groups is 1. The van der Waals surface area contributed by atoms with Crippen LogP contribution in [0.3, 0.4) is 0 Å². The zero-order chi connectivity index (χ0) is 14.7. The maximum absolute atomic E-state index is 12.0. The van der Waals surface area contributed by atoms with Gasteiger partial charge in [-0.25, -0.2) is 9.98 Å². The lowest BCUT2D eigenvalue weighted by molar-refractivity contribution is -0.118. The van der Waals surface area contributed by atoms with Crippen LogP contribution in [0.25, 0.3) is 0 Å². The number of hydrogen-bond acceptors (Lipinski definition) is 4. The highest BCUT2D eigenvalue weighted by molar-refractivity contribution is 8.15. The number of hydrogen-bond donors (Lipinski definition) is 1. The van der Waals surface area contributed by atoms with Gasteiger partial charge in [-0.2, -0.15) is 0 Å². The molecule has 3 rings (SSSR count). The lowest BCUT2D eigenvalue weighted by Gasteiger charge is -2.05. The summed E-state index contributed by atoms with van der Waals surface area (Å²) in [7, 11) is 0. The summed E-state index contributed by atoms with van der Waals surface area (Å²) in [5.74, 6) is 0.618. The summed E-state index contributed by atoms with van der Waals surface area (Å²) < 4.78 is 0. The summed E-state index contributed by atoms with van der Waals surface area (Å²) in [6, 6.07) is 13.8. The summed E-state index contributed by atoms with van der Waals surface area (Å²) >= 11 is 1.46. The maximum Gasteiger partial charge on any atom is 0.239 e. The Morgan fingerprint density at radius 3 is 2.95 bits per heavy atom. The minimum Gasteiger partial charge on any atom is -0.304 e. The third-order valence-corrected chi connectivity index (χ3v) is 4.23. The largest absolute Gasteiger partial charge is 0.304 e. The number of rotatable bonds is 3. The fraction of sp³-hybridized carbons (Fsp3) is 0.188. The van der Waals surface area contributed by atoms with Crippen molar-refractivity contribution in [3.05, 3.63) is 59.8 Å². The predicted octanol–water partition coefficient (Wildman–Crippen LogP) is 2.85. The van der Waals surface area contributed by atoms with Gasteiger partial charge >= 0.3 is 0 Å². The van der Waals surface area contributed by atoms with Crippen LogP contribution in [0, 0.1) is 6.92 Å². The fourth-order valence-corrected chi connectivity index (χ4v) is 3.19. The molecule has 1 saturated heterocycles. The van der Waals surface area contributed by atoms with E-state index in [0.29, 0.717) is 17.4 Å². The molecule has 21 heavy (non-hydrogen) atoms. The molecular formula is C16H15N3OS. The van der Waals surface area contributed by atoms with Crippen molar-refractivity contribution in [1.29, 1.82) is 0 Å². The second kappa shape index (κ2) is 6.10. The van der Waals surface area contributed by atoms with E-state index in [1.54, 1.807) is 6.20 Å². The second-order valence-corrected chi connectivity index (χ2v) is 6.09. The van der Waals surface area contributed by atoms with Gasteiger partial charge in [0, 0.05) is 6.20 Å². The molecule has 1 aliphatic rings. The molecule has 1 N–H and O–H groups in total. The molecule has 0 bridgehead atoms. The summed E-state index contributed by atoms with van der Waals surface area (Å²) in [5.41, 5.74) is 2.38. The number of aromatic nitrogens is 1. The van der Waals surface area contributed by atoms with E-state index in [1.807, 2.05) is 24.3 Å². The van der Waals surface area contributed by atoms with Crippen LogP contribution < -0.4 is 5.32 Å². The number of carbonyl (C=O) groups excluding carboxylic acids is 1. The highest BCUT2D eigenvalue weighted by Gasteiger charge is 2.30. The third kappa shape index (κ3) is 3.49. The van der Waals surface area contributed by atoms with E-state index in [0.717, 1.165) is 0 Å². The highest BCUT2D eigenvalue weighted by atomic mass is 32.2. The van der Waals surface area contributed by atoms with E-state index in [2.05, 4.69) is 40.4 Å². The first-order chi connectivity index (χ1) is 10.2. The number of carbonyl (C=O) groups is 1. The summed E-state index contributed by atoms with van der Waals surface area (Å²) in [6.07, 6.45) is 2.39. The van der Waals surface area contributed by atoms with Crippen LogP contribution in [0.15, 0.2) is 53.7 Å². The molecule has 1 aromatic heterocycles. The van der Waals surface area contributed by atoms with E-state index in [1.165, 1.54) is 22.9 Å². The molecule has 0 radical (unpaired) electrons. The van der Waals surface area contributed by atoms with Crippen LogP contribution in [0.4, 0.5) is 5.82 Å². The SMILES string of the molecule is Cc1cccc(C[C@@H]2SC(=Nc3ccccn3)NC2=O)c1. The minimum absolute atomic E-state index is 0.0104. The molecule has 2 aromatic rings. The third-order valence-electron chi connectivity index (χ3n) is 3.15. The first kappa shape index (κ1) is 13.8. The number of nitrogens with zero attached hydrogens (tertiary/aromatic N) is 2. The van der Waals surface area contributed by atoms with Crippen LogP contribution in [-0.4, -0.2) is 21.3 Å². The lowest BCUT2D eigenvalue weighted by atomic mass is 10.1. The Balaban J connectivity index is 1.72.